The molecule has 0 aliphatic carbocycles. The predicted molar refractivity (Wildman–Crippen MR) is 75.3 cm³/mol. The smallest absolute Gasteiger partial charge is 0.122 e. The summed E-state index contributed by atoms with van der Waals surface area (Å²) in [6, 6.07) is 2.02. The van der Waals surface area contributed by atoms with Crippen LogP contribution in [-0.2, 0) is 12.1 Å². The zero-order chi connectivity index (χ0) is 13.3. The third-order valence-corrected chi connectivity index (χ3v) is 3.68. The van der Waals surface area contributed by atoms with Gasteiger partial charge in [-0.05, 0) is 52.6 Å². The Bertz CT molecular complexity index is 394. The average Bonchev–Trinajstić information content (AvgIpc) is 2.63. The molecule has 1 saturated heterocycles. The molecule has 1 aliphatic rings. The minimum atomic E-state index is -0.0429. The van der Waals surface area contributed by atoms with Gasteiger partial charge in [-0.2, -0.15) is 5.10 Å². The third kappa shape index (κ3) is 3.05. The zero-order valence-electron chi connectivity index (χ0n) is 12.1. The molecule has 4 nitrogen and oxygen atoms in total. The van der Waals surface area contributed by atoms with Crippen LogP contribution in [0.15, 0.2) is 6.07 Å². The van der Waals surface area contributed by atoms with E-state index in [4.69, 9.17) is 5.73 Å². The molecule has 2 heterocycles. The van der Waals surface area contributed by atoms with E-state index >= 15 is 0 Å². The summed E-state index contributed by atoms with van der Waals surface area (Å²) in [5.74, 6) is 1.64. The first-order valence-electron chi connectivity index (χ1n) is 6.93. The van der Waals surface area contributed by atoms with Crippen LogP contribution in [0, 0.1) is 5.92 Å². The Labute approximate surface area is 110 Å². The van der Waals surface area contributed by atoms with E-state index in [-0.39, 0.29) is 5.54 Å². The van der Waals surface area contributed by atoms with Crippen LogP contribution < -0.4 is 5.73 Å². The number of rotatable bonds is 2. The summed E-state index contributed by atoms with van der Waals surface area (Å²) in [6.45, 7) is 12.0. The maximum atomic E-state index is 6.04. The van der Waals surface area contributed by atoms with Crippen LogP contribution in [0.4, 0.5) is 5.82 Å². The van der Waals surface area contributed by atoms with Gasteiger partial charge in [0.15, 0.2) is 0 Å². The van der Waals surface area contributed by atoms with E-state index in [1.54, 1.807) is 0 Å². The molecule has 0 spiro atoms. The van der Waals surface area contributed by atoms with Gasteiger partial charge in [-0.15, -0.1) is 0 Å². The molecule has 2 N–H and O–H groups in total. The van der Waals surface area contributed by atoms with E-state index in [1.807, 2.05) is 10.7 Å². The number of anilines is 1. The molecular formula is C14H26N4. The third-order valence-electron chi connectivity index (χ3n) is 3.68. The molecule has 0 amide bonds. The van der Waals surface area contributed by atoms with E-state index in [2.05, 4.69) is 37.7 Å². The molecule has 18 heavy (non-hydrogen) atoms. The number of piperidine rings is 1. The van der Waals surface area contributed by atoms with Crippen LogP contribution >= 0.6 is 0 Å². The highest BCUT2D eigenvalue weighted by atomic mass is 15.4. The highest BCUT2D eigenvalue weighted by Gasteiger charge is 2.20. The highest BCUT2D eigenvalue weighted by Crippen LogP contribution is 2.21. The highest BCUT2D eigenvalue weighted by molar-refractivity contribution is 5.32. The van der Waals surface area contributed by atoms with Crippen LogP contribution in [0.2, 0.25) is 0 Å². The molecule has 0 aromatic carbocycles. The first-order chi connectivity index (χ1) is 8.36. The maximum Gasteiger partial charge on any atom is 0.122 e. The number of hydrogen-bond acceptors (Lipinski definition) is 3. The van der Waals surface area contributed by atoms with E-state index in [0.717, 1.165) is 24.0 Å². The van der Waals surface area contributed by atoms with Crippen molar-refractivity contribution in [2.24, 2.45) is 5.92 Å². The quantitative estimate of drug-likeness (QED) is 0.877. The van der Waals surface area contributed by atoms with Gasteiger partial charge in [0.2, 0.25) is 0 Å². The minimum absolute atomic E-state index is 0.0429. The van der Waals surface area contributed by atoms with Gasteiger partial charge >= 0.3 is 0 Å². The fourth-order valence-corrected chi connectivity index (χ4v) is 2.51. The van der Waals surface area contributed by atoms with E-state index in [9.17, 15) is 0 Å². The first-order valence-corrected chi connectivity index (χ1v) is 6.93. The molecule has 0 radical (unpaired) electrons. The van der Waals surface area contributed by atoms with E-state index in [0.29, 0.717) is 0 Å². The Kier molecular flexibility index (Phi) is 3.66. The SMILES string of the molecule is CC1CCN(Cc2cc(N)n(C(C)(C)C)n2)CC1. The molecule has 4 heteroatoms. The van der Waals surface area contributed by atoms with Crippen molar-refractivity contribution >= 4 is 5.82 Å². The van der Waals surface area contributed by atoms with Gasteiger partial charge in [0.1, 0.15) is 5.82 Å². The predicted octanol–water partition coefficient (Wildman–Crippen LogP) is 2.45. The van der Waals surface area contributed by atoms with Crippen LogP contribution in [0.3, 0.4) is 0 Å². The summed E-state index contributed by atoms with van der Waals surface area (Å²) in [7, 11) is 0. The summed E-state index contributed by atoms with van der Waals surface area (Å²) in [5.41, 5.74) is 7.09. The van der Waals surface area contributed by atoms with Crippen LogP contribution in [0.5, 0.6) is 0 Å². The van der Waals surface area contributed by atoms with Crippen molar-refractivity contribution in [2.45, 2.75) is 52.6 Å². The van der Waals surface area contributed by atoms with Crippen molar-refractivity contribution in [3.8, 4) is 0 Å². The van der Waals surface area contributed by atoms with Crippen molar-refractivity contribution in [1.82, 2.24) is 14.7 Å². The van der Waals surface area contributed by atoms with Crippen LogP contribution in [-0.4, -0.2) is 27.8 Å². The summed E-state index contributed by atoms with van der Waals surface area (Å²) < 4.78 is 1.93. The number of nitrogen functional groups attached to an aromatic ring is 1. The van der Waals surface area contributed by atoms with E-state index in [1.165, 1.54) is 25.9 Å². The Morgan fingerprint density at radius 1 is 1.33 bits per heavy atom. The van der Waals surface area contributed by atoms with Gasteiger partial charge in [0, 0.05) is 12.6 Å². The molecule has 0 unspecified atom stereocenters. The van der Waals surface area contributed by atoms with Gasteiger partial charge in [-0.3, -0.25) is 4.90 Å². The molecule has 0 atom stereocenters. The van der Waals surface area contributed by atoms with Gasteiger partial charge in [-0.25, -0.2) is 4.68 Å². The zero-order valence-corrected chi connectivity index (χ0v) is 12.1. The Balaban J connectivity index is 2.02. The molecule has 1 fully saturated rings. The standard InChI is InChI=1S/C14H26N4/c1-11-5-7-17(8-6-11)10-12-9-13(15)18(16-12)14(2,3)4/h9,11H,5-8,10,15H2,1-4H3. The van der Waals surface area contributed by atoms with Gasteiger partial charge in [-0.1, -0.05) is 6.92 Å². The Morgan fingerprint density at radius 3 is 2.44 bits per heavy atom. The number of nitrogens with zero attached hydrogens (tertiary/aromatic N) is 3. The molecule has 1 aromatic heterocycles. The van der Waals surface area contributed by atoms with E-state index < -0.39 is 0 Å². The lowest BCUT2D eigenvalue weighted by Gasteiger charge is -2.29. The number of likely N-dealkylation sites (tertiary alicyclic amines) is 1. The fourth-order valence-electron chi connectivity index (χ4n) is 2.51. The van der Waals surface area contributed by atoms with Crippen molar-refractivity contribution in [3.05, 3.63) is 11.8 Å². The van der Waals surface area contributed by atoms with Gasteiger partial charge < -0.3 is 5.73 Å². The monoisotopic (exact) mass is 250 g/mol. The maximum absolute atomic E-state index is 6.04. The van der Waals surface area contributed by atoms with Crippen molar-refractivity contribution in [3.63, 3.8) is 0 Å². The summed E-state index contributed by atoms with van der Waals surface area (Å²) >= 11 is 0. The second-order valence-corrected chi connectivity index (χ2v) is 6.60. The van der Waals surface area contributed by atoms with Crippen molar-refractivity contribution in [2.75, 3.05) is 18.8 Å². The average molecular weight is 250 g/mol. The molecular weight excluding hydrogens is 224 g/mol. The molecule has 1 aliphatic heterocycles. The second kappa shape index (κ2) is 4.92. The van der Waals surface area contributed by atoms with Gasteiger partial charge in [0.25, 0.3) is 0 Å². The molecule has 102 valence electrons. The molecule has 2 rings (SSSR count). The largest absolute Gasteiger partial charge is 0.384 e. The van der Waals surface area contributed by atoms with Crippen molar-refractivity contribution in [1.29, 1.82) is 0 Å². The molecule has 1 aromatic rings. The lowest BCUT2D eigenvalue weighted by Crippen LogP contribution is -2.32. The van der Waals surface area contributed by atoms with Crippen LogP contribution in [0.1, 0.15) is 46.2 Å². The first kappa shape index (κ1) is 13.4. The number of nitrogens with two attached hydrogens (primary N) is 1. The summed E-state index contributed by atoms with van der Waals surface area (Å²) in [4.78, 5) is 2.48. The van der Waals surface area contributed by atoms with Crippen molar-refractivity contribution < 1.29 is 0 Å². The fraction of sp³-hybridized carbons (Fsp3) is 0.786. The normalized spacial score (nSPS) is 19.3. The minimum Gasteiger partial charge on any atom is -0.384 e. The summed E-state index contributed by atoms with van der Waals surface area (Å²) in [6.07, 6.45) is 2.60. The molecule has 0 saturated carbocycles. The number of hydrogen-bond donors (Lipinski definition) is 1. The summed E-state index contributed by atoms with van der Waals surface area (Å²) in [5, 5.41) is 4.64. The molecule has 0 bridgehead atoms. The van der Waals surface area contributed by atoms with Crippen LogP contribution in [0.25, 0.3) is 0 Å². The lowest BCUT2D eigenvalue weighted by atomic mass is 9.99. The lowest BCUT2D eigenvalue weighted by molar-refractivity contribution is 0.182. The topological polar surface area (TPSA) is 47.1 Å². The Morgan fingerprint density at radius 2 is 1.94 bits per heavy atom. The number of aromatic nitrogens is 2. The Hall–Kier alpha value is -1.03. The second-order valence-electron chi connectivity index (χ2n) is 6.60. The van der Waals surface area contributed by atoms with Gasteiger partial charge in [0.05, 0.1) is 11.2 Å².